The fourth-order valence-electron chi connectivity index (χ4n) is 1.80. The van der Waals surface area contributed by atoms with Gasteiger partial charge in [-0.15, -0.1) is 11.3 Å². The zero-order valence-corrected chi connectivity index (χ0v) is 13.7. The molecule has 10 heteroatoms. The number of carbonyl (C=O) groups excluding carboxylic acids is 2. The average Bonchev–Trinajstić information content (AvgIpc) is 2.96. The molecule has 2 N–H and O–H groups in total. The summed E-state index contributed by atoms with van der Waals surface area (Å²) in [6, 6.07) is 3.87. The lowest BCUT2D eigenvalue weighted by Gasteiger charge is -2.06. The summed E-state index contributed by atoms with van der Waals surface area (Å²) < 4.78 is 4.86. The third-order valence-corrected chi connectivity index (χ3v) is 3.77. The van der Waals surface area contributed by atoms with Crippen molar-refractivity contribution in [1.82, 2.24) is 4.98 Å². The number of nitro groups is 1. The molecule has 1 heterocycles. The number of amides is 1. The number of nitro benzene ring substituents is 1. The van der Waals surface area contributed by atoms with Gasteiger partial charge in [-0.05, 0) is 19.1 Å². The van der Waals surface area contributed by atoms with E-state index in [2.05, 4.69) is 15.6 Å². The number of hydrogen-bond acceptors (Lipinski definition) is 8. The van der Waals surface area contributed by atoms with Gasteiger partial charge in [-0.1, -0.05) is 0 Å². The Balaban J connectivity index is 1.98. The number of esters is 1. The molecule has 9 nitrogen and oxygen atoms in total. The van der Waals surface area contributed by atoms with Crippen LogP contribution in [0.5, 0.6) is 0 Å². The second-order valence-electron chi connectivity index (χ2n) is 4.66. The Kier molecular flexibility index (Phi) is 5.42. The molecule has 0 saturated heterocycles. The van der Waals surface area contributed by atoms with Gasteiger partial charge in [0.15, 0.2) is 11.7 Å². The molecule has 2 rings (SSSR count). The van der Waals surface area contributed by atoms with Gasteiger partial charge in [0, 0.05) is 18.5 Å². The lowest BCUT2D eigenvalue weighted by Crippen LogP contribution is -2.21. The first kappa shape index (κ1) is 17.3. The van der Waals surface area contributed by atoms with Gasteiger partial charge in [0.25, 0.3) is 11.6 Å². The first-order valence-electron chi connectivity index (χ1n) is 6.76. The van der Waals surface area contributed by atoms with Crippen LogP contribution in [0.25, 0.3) is 0 Å². The molecule has 0 spiro atoms. The predicted octanol–water partition coefficient (Wildman–Crippen LogP) is 2.20. The van der Waals surface area contributed by atoms with Crippen molar-refractivity contribution in [3.63, 3.8) is 0 Å². The maximum Gasteiger partial charge on any atom is 0.338 e. The van der Waals surface area contributed by atoms with Crippen LogP contribution in [0, 0.1) is 17.0 Å². The number of anilines is 2. The average molecular weight is 350 g/mol. The Morgan fingerprint density at radius 1 is 1.42 bits per heavy atom. The number of nitrogens with zero attached hydrogens (tertiary/aromatic N) is 2. The number of nitrogens with one attached hydrogen (secondary N) is 2. The molecular formula is C14H14N4O5S. The summed E-state index contributed by atoms with van der Waals surface area (Å²) in [6.07, 6.45) is 0. The fraction of sp³-hybridized carbons (Fsp3) is 0.214. The number of benzene rings is 1. The molecule has 1 aromatic carbocycles. The predicted molar refractivity (Wildman–Crippen MR) is 88.4 cm³/mol. The Labute approximate surface area is 140 Å². The molecule has 0 aliphatic rings. The smallest absolute Gasteiger partial charge is 0.338 e. The van der Waals surface area contributed by atoms with Crippen molar-refractivity contribution in [2.45, 2.75) is 6.92 Å². The molecule has 24 heavy (non-hydrogen) atoms. The van der Waals surface area contributed by atoms with Crippen molar-refractivity contribution in [1.29, 1.82) is 0 Å². The summed E-state index contributed by atoms with van der Waals surface area (Å²) in [5, 5.41) is 18.3. The van der Waals surface area contributed by atoms with E-state index in [4.69, 9.17) is 4.74 Å². The number of aromatic nitrogens is 1. The molecule has 0 fully saturated rings. The zero-order valence-electron chi connectivity index (χ0n) is 12.9. The summed E-state index contributed by atoms with van der Waals surface area (Å²) in [5.41, 5.74) is 0.769. The Morgan fingerprint density at radius 3 is 2.75 bits per heavy atom. The lowest BCUT2D eigenvalue weighted by atomic mass is 10.1. The summed E-state index contributed by atoms with van der Waals surface area (Å²) in [7, 11) is 1.53. The normalized spacial score (nSPS) is 10.1. The van der Waals surface area contributed by atoms with Gasteiger partial charge in [-0.25, -0.2) is 9.78 Å². The van der Waals surface area contributed by atoms with Crippen LogP contribution < -0.4 is 10.6 Å². The second kappa shape index (κ2) is 7.51. The van der Waals surface area contributed by atoms with Crippen LogP contribution >= 0.6 is 11.3 Å². The summed E-state index contributed by atoms with van der Waals surface area (Å²) in [6.45, 7) is 1.27. The lowest BCUT2D eigenvalue weighted by molar-refractivity contribution is -0.384. The van der Waals surface area contributed by atoms with Crippen LogP contribution in [0.4, 0.5) is 16.5 Å². The van der Waals surface area contributed by atoms with Crippen LogP contribution in [0.2, 0.25) is 0 Å². The van der Waals surface area contributed by atoms with E-state index in [-0.39, 0.29) is 16.9 Å². The monoisotopic (exact) mass is 350 g/mol. The first-order valence-corrected chi connectivity index (χ1v) is 7.64. The minimum Gasteiger partial charge on any atom is -0.452 e. The van der Waals surface area contributed by atoms with Gasteiger partial charge in [-0.2, -0.15) is 0 Å². The molecule has 0 saturated carbocycles. The van der Waals surface area contributed by atoms with Gasteiger partial charge in [0.2, 0.25) is 0 Å². The van der Waals surface area contributed by atoms with E-state index in [1.807, 2.05) is 0 Å². The number of ether oxygens (including phenoxy) is 1. The van der Waals surface area contributed by atoms with Crippen molar-refractivity contribution in [3.05, 3.63) is 45.0 Å². The molecule has 0 aliphatic carbocycles. The molecule has 0 bridgehead atoms. The maximum absolute atomic E-state index is 11.9. The molecular weight excluding hydrogens is 336 g/mol. The van der Waals surface area contributed by atoms with E-state index in [0.29, 0.717) is 5.13 Å². The highest BCUT2D eigenvalue weighted by Gasteiger charge is 2.18. The Hall–Kier alpha value is -3.01. The molecule has 126 valence electrons. The number of thiazole rings is 1. The number of carbonyl (C=O) groups is 2. The van der Waals surface area contributed by atoms with Crippen molar-refractivity contribution >= 4 is 39.7 Å². The Bertz CT molecular complexity index is 789. The van der Waals surface area contributed by atoms with E-state index in [9.17, 15) is 19.7 Å². The number of aryl methyl sites for hydroxylation is 1. The third kappa shape index (κ3) is 4.26. The van der Waals surface area contributed by atoms with E-state index in [1.54, 1.807) is 12.3 Å². The van der Waals surface area contributed by atoms with Crippen LogP contribution in [0.3, 0.4) is 0 Å². The van der Waals surface area contributed by atoms with Crippen molar-refractivity contribution < 1.29 is 19.2 Å². The van der Waals surface area contributed by atoms with Gasteiger partial charge in [-0.3, -0.25) is 20.2 Å². The minimum absolute atomic E-state index is 0.0152. The zero-order chi connectivity index (χ0) is 17.7. The van der Waals surface area contributed by atoms with Crippen LogP contribution in [0.1, 0.15) is 16.1 Å². The van der Waals surface area contributed by atoms with E-state index in [0.717, 1.165) is 11.8 Å². The Morgan fingerprint density at radius 2 is 2.17 bits per heavy atom. The number of hydrogen-bond donors (Lipinski definition) is 2. The molecule has 0 atom stereocenters. The summed E-state index contributed by atoms with van der Waals surface area (Å²) >= 11 is 1.25. The molecule has 0 radical (unpaired) electrons. The van der Waals surface area contributed by atoms with E-state index in [1.165, 1.54) is 30.5 Å². The first-order chi connectivity index (χ1) is 11.4. The number of rotatable bonds is 6. The van der Waals surface area contributed by atoms with Crippen molar-refractivity contribution in [3.8, 4) is 0 Å². The highest BCUT2D eigenvalue weighted by Crippen LogP contribution is 2.25. The van der Waals surface area contributed by atoms with Crippen LogP contribution in [-0.4, -0.2) is 35.4 Å². The summed E-state index contributed by atoms with van der Waals surface area (Å²) in [5.74, 6) is -1.37. The van der Waals surface area contributed by atoms with Crippen molar-refractivity contribution in [2.75, 3.05) is 24.3 Å². The van der Waals surface area contributed by atoms with Gasteiger partial charge in [0.1, 0.15) is 5.69 Å². The van der Waals surface area contributed by atoms with Gasteiger partial charge >= 0.3 is 5.97 Å². The van der Waals surface area contributed by atoms with E-state index >= 15 is 0 Å². The molecule has 0 aliphatic heterocycles. The largest absolute Gasteiger partial charge is 0.452 e. The van der Waals surface area contributed by atoms with Crippen molar-refractivity contribution in [2.24, 2.45) is 0 Å². The third-order valence-electron chi connectivity index (χ3n) is 2.90. The molecule has 2 aromatic rings. The van der Waals surface area contributed by atoms with E-state index < -0.39 is 23.4 Å². The SMILES string of the molecule is CNc1ccc(C(=O)OCC(=O)Nc2nc(C)cs2)cc1[N+](=O)[O-]. The molecule has 1 aromatic heterocycles. The summed E-state index contributed by atoms with van der Waals surface area (Å²) in [4.78, 5) is 38.0. The highest BCUT2D eigenvalue weighted by molar-refractivity contribution is 7.13. The standard InChI is InChI=1S/C14H14N4O5S/c1-8-7-24-14(16-8)17-12(19)6-23-13(20)9-3-4-10(15-2)11(5-9)18(21)22/h3-5,7,15H,6H2,1-2H3,(H,16,17,19). The van der Waals surface area contributed by atoms with Crippen LogP contribution in [-0.2, 0) is 9.53 Å². The van der Waals surface area contributed by atoms with Gasteiger partial charge in [0.05, 0.1) is 16.2 Å². The molecule has 0 unspecified atom stereocenters. The highest BCUT2D eigenvalue weighted by atomic mass is 32.1. The van der Waals surface area contributed by atoms with Crippen LogP contribution in [0.15, 0.2) is 23.6 Å². The quantitative estimate of drug-likeness (QED) is 0.465. The fourth-order valence-corrected chi connectivity index (χ4v) is 2.51. The maximum atomic E-state index is 11.9. The minimum atomic E-state index is -0.828. The molecule has 1 amide bonds. The topological polar surface area (TPSA) is 123 Å². The van der Waals surface area contributed by atoms with Gasteiger partial charge < -0.3 is 10.1 Å². The second-order valence-corrected chi connectivity index (χ2v) is 5.52.